The number of ether oxygens (including phenoxy) is 7. The standard InChI is InChI=1S/C23H27N7O3.C23H31N5O5.C18H23N5O3.C17H25ClN4O3.C12H15Cl2N3O2.5CH4/c1-15-11-21(25-14-24-15)28-8-7-19-20(12-28)26-22(17-3-5-18(6-4-17)30(31)32)27-23(19)29-9-10-33-13-16(29)2;1-15-14-32-12-11-27(15)21-18-9-10-26(22(29)33-23(2,3)4)13-19(18)24-20(25-21)16-5-7-17(8-6-16)28(30)31;1-12-11-26-9-8-22(12)18-15-6-7-19-10-16(15)20-17(21-18)13-2-4-14(5-3-13)23(24)25;1-11-10-24-8-7-22(11)14-12-5-6-21(16(23)25-17(2,3)4)9-13(12)19-15(18)20-14;1-12(2,3)19-11(18)17-5-4-7-8(6-17)15-10(14)16-9(7)13;;;;;/h3-6,11,14,16,30-31H,7-10,12-13H2,1-2H3;5-8,15,28,30H,9-14H2,1-4H3;2-5,12,19,23-24H,6-11H2,1H3;11H,5-10H2,1-4H3;4-6H2,1-3H3;5*1H4/t16-;15-;12-;11-;;;;;;/m0000....../s1. The lowest BCUT2D eigenvalue weighted by molar-refractivity contribution is -0.991. The highest BCUT2D eigenvalue weighted by Gasteiger charge is 2.38. The van der Waals surface area contributed by atoms with Gasteiger partial charge in [-0.15, -0.1) is 0 Å². The minimum atomic E-state index is -0.983. The maximum absolute atomic E-state index is 12.7. The van der Waals surface area contributed by atoms with E-state index in [1.54, 1.807) is 93.8 Å². The van der Waals surface area contributed by atoms with Gasteiger partial charge in [0.2, 0.25) is 10.6 Å². The number of hydrogen-bond acceptors (Lipinski definition) is 34. The molecule has 40 nitrogen and oxygen atoms in total. The van der Waals surface area contributed by atoms with Crippen LogP contribution in [-0.4, -0.2) is 261 Å². The first-order valence-corrected chi connectivity index (χ1v) is 46.9. The van der Waals surface area contributed by atoms with E-state index in [9.17, 15) is 40.4 Å². The molecule has 0 aliphatic carbocycles. The Morgan fingerprint density at radius 3 is 1.06 bits per heavy atom. The second-order valence-corrected chi connectivity index (χ2v) is 38.6. The van der Waals surface area contributed by atoms with E-state index in [0.717, 1.165) is 155 Å². The van der Waals surface area contributed by atoms with Crippen LogP contribution in [0.5, 0.6) is 0 Å². The predicted molar refractivity (Wildman–Crippen MR) is 541 cm³/mol. The van der Waals surface area contributed by atoms with E-state index < -0.39 is 32.5 Å². The number of anilines is 5. The molecule has 18 rings (SSSR count). The van der Waals surface area contributed by atoms with Gasteiger partial charge in [0.25, 0.3) is 0 Å². The van der Waals surface area contributed by atoms with Crippen LogP contribution < -0.4 is 45.5 Å². The van der Waals surface area contributed by atoms with Crippen LogP contribution in [0.2, 0.25) is 15.7 Å². The van der Waals surface area contributed by atoms with Gasteiger partial charge in [0, 0.05) is 152 Å². The third-order valence-electron chi connectivity index (χ3n) is 23.8. The van der Waals surface area contributed by atoms with E-state index >= 15 is 0 Å². The number of aromatic nitrogens is 12. The van der Waals surface area contributed by atoms with Gasteiger partial charge in [-0.1, -0.05) is 48.7 Å². The molecule has 3 amide bonds. The van der Waals surface area contributed by atoms with E-state index in [0.29, 0.717) is 146 Å². The van der Waals surface area contributed by atoms with Crippen LogP contribution in [0.3, 0.4) is 0 Å². The van der Waals surface area contributed by atoms with Crippen molar-refractivity contribution in [3.63, 3.8) is 0 Å². The van der Waals surface area contributed by atoms with Crippen LogP contribution in [-0.2, 0) is 98.0 Å². The molecule has 0 radical (unpaired) electrons. The molecule has 9 aliphatic heterocycles. The lowest BCUT2D eigenvalue weighted by atomic mass is 10.0. The maximum atomic E-state index is 12.7. The highest BCUT2D eigenvalue weighted by molar-refractivity contribution is 6.32. The number of quaternary nitrogens is 3. The Morgan fingerprint density at radius 1 is 0.404 bits per heavy atom. The summed E-state index contributed by atoms with van der Waals surface area (Å²) in [6.45, 7) is 41.3. The number of fused-ring (bicyclic) bond motifs is 5. The first-order chi connectivity index (χ1) is 64.7. The second-order valence-electron chi connectivity index (χ2n) is 37.5. The molecule has 9 aliphatic rings. The number of amides is 3. The molecule has 9 aromatic rings. The number of rotatable bonds is 11. The molecule has 0 bridgehead atoms. The predicted octanol–water partition coefficient (Wildman–Crippen LogP) is 12.8. The minimum absolute atomic E-state index is 0. The van der Waals surface area contributed by atoms with Gasteiger partial charge in [-0.2, -0.15) is 15.7 Å². The molecule has 43 heteroatoms. The van der Waals surface area contributed by atoms with E-state index in [-0.39, 0.29) is 107 Å². The summed E-state index contributed by atoms with van der Waals surface area (Å²) in [6.07, 6.45) is 4.19. The number of aryl methyl sites for hydroxylation is 1. The first-order valence-electron chi connectivity index (χ1n) is 45.8. The number of morpholine rings is 4. The number of nitrogens with one attached hydrogen (secondary N) is 4. The average molecular weight is 2020 g/mol. The molecule has 6 aromatic heterocycles. The number of carbonyl (C=O) groups excluding carboxylic acids is 3. The van der Waals surface area contributed by atoms with E-state index in [1.165, 1.54) is 5.56 Å². The Morgan fingerprint density at radius 2 is 0.716 bits per heavy atom. The van der Waals surface area contributed by atoms with Crippen molar-refractivity contribution in [3.05, 3.63) is 179 Å². The van der Waals surface area contributed by atoms with Crippen molar-refractivity contribution < 1.29 is 78.8 Å². The van der Waals surface area contributed by atoms with Crippen molar-refractivity contribution in [2.24, 2.45) is 0 Å². The largest absolute Gasteiger partial charge is 0.595 e. The second kappa shape index (κ2) is 50.0. The number of halogens is 3. The number of nitrogens with zero attached hydrogens (tertiary/aromatic N) is 20. The monoisotopic (exact) mass is 2020 g/mol. The van der Waals surface area contributed by atoms with Gasteiger partial charge in [0.05, 0.1) is 132 Å². The average Bonchev–Trinajstić information content (AvgIpc) is 0.765. The Bertz CT molecular complexity index is 5670. The van der Waals surface area contributed by atoms with Crippen molar-refractivity contribution >= 4 is 99.2 Å². The smallest absolute Gasteiger partial charge is 0.410 e. The third kappa shape index (κ3) is 29.3. The Hall–Kier alpha value is -10.7. The summed E-state index contributed by atoms with van der Waals surface area (Å²) in [7, 11) is 0. The first kappa shape index (κ1) is 114. The van der Waals surface area contributed by atoms with Crippen LogP contribution >= 0.6 is 34.8 Å². The van der Waals surface area contributed by atoms with E-state index in [4.69, 9.17) is 103 Å². The molecule has 3 aromatic carbocycles. The van der Waals surface area contributed by atoms with Gasteiger partial charge < -0.3 is 93.3 Å². The zero-order valence-corrected chi connectivity index (χ0v) is 81.5. The fourth-order valence-corrected chi connectivity index (χ4v) is 17.6. The lowest BCUT2D eigenvalue weighted by Crippen LogP contribution is -2.99. The lowest BCUT2D eigenvalue weighted by Gasteiger charge is -2.38. The summed E-state index contributed by atoms with van der Waals surface area (Å²) >= 11 is 18.0. The summed E-state index contributed by atoms with van der Waals surface area (Å²) in [4.78, 5) is 108. The van der Waals surface area contributed by atoms with Gasteiger partial charge in [0.15, 0.2) is 34.5 Å². The summed E-state index contributed by atoms with van der Waals surface area (Å²) < 4.78 is 38.7. The minimum Gasteiger partial charge on any atom is -0.595 e. The highest BCUT2D eigenvalue weighted by atomic mass is 35.5. The van der Waals surface area contributed by atoms with E-state index in [1.807, 2.05) is 75.3 Å². The molecule has 770 valence electrons. The highest BCUT2D eigenvalue weighted by Crippen LogP contribution is 2.39. The van der Waals surface area contributed by atoms with Crippen molar-refractivity contribution in [1.29, 1.82) is 0 Å². The van der Waals surface area contributed by atoms with Crippen LogP contribution in [0, 0.1) is 22.5 Å². The molecule has 7 N–H and O–H groups in total. The summed E-state index contributed by atoms with van der Waals surface area (Å²) in [5, 5.41) is 62.3. The molecule has 0 saturated carbocycles. The van der Waals surface area contributed by atoms with Crippen LogP contribution in [0.1, 0.15) is 189 Å². The Kier molecular flexibility index (Phi) is 40.4. The number of hydrogen-bond donors (Lipinski definition) is 7. The molecule has 141 heavy (non-hydrogen) atoms. The van der Waals surface area contributed by atoms with Crippen molar-refractivity contribution in [3.8, 4) is 34.2 Å². The van der Waals surface area contributed by atoms with E-state index in [2.05, 4.69) is 87.4 Å². The van der Waals surface area contributed by atoms with Gasteiger partial charge in [-0.25, -0.2) is 89.8 Å². The summed E-state index contributed by atoms with van der Waals surface area (Å²) in [5.41, 5.74) is 12.0. The fourth-order valence-electron chi connectivity index (χ4n) is 16.9. The Balaban J connectivity index is 0.000000197. The molecular formula is C98H141Cl3N24O16. The molecule has 4 saturated heterocycles. The summed E-state index contributed by atoms with van der Waals surface area (Å²) in [6, 6.07) is 22.8. The SMILES string of the molecule is C.C.C.C.C.CC(C)(C)OC(=O)N1CCc2c(Cl)nc(Cl)nc2C1.C[C@H]1COCCN1c1nc(-c2ccc([NH+]([O-])O)cc2)nc2c1CCN(C(=O)OC(C)(C)C)C2.C[C@H]1COCCN1c1nc(-c2ccc([NH+]([O-])O)cc2)nc2c1CCNC2.C[C@H]1COCCN1c1nc(Cl)nc2c1CCN(C(=O)OC(C)(C)C)C2.Cc1cc(N2CCc3c(nc(-c4ccc([NH+]([O-])O)cc4)nc3N3CCOC[C@@H]3C)C2)ncn1. The number of benzene rings is 3. The topological polar surface area (TPSA) is 452 Å². The third-order valence-corrected chi connectivity index (χ3v) is 24.5. The van der Waals surface area contributed by atoms with Gasteiger partial charge in [-0.3, -0.25) is 0 Å². The quantitative estimate of drug-likeness (QED) is 0.0274. The number of carbonyl (C=O) groups is 3. The molecule has 15 heterocycles. The van der Waals surface area contributed by atoms with Gasteiger partial charge in [0.1, 0.15) is 57.4 Å². The van der Waals surface area contributed by atoms with Crippen molar-refractivity contribution in [2.75, 3.05) is 136 Å². The van der Waals surface area contributed by atoms with Gasteiger partial charge >= 0.3 is 18.3 Å². The Labute approximate surface area is 842 Å². The van der Waals surface area contributed by atoms with Crippen LogP contribution in [0.4, 0.5) is 60.5 Å². The zero-order chi connectivity index (χ0) is 97.2. The fraction of sp³-hybridized carbons (Fsp3) is 0.541. The molecule has 4 fully saturated rings. The molecule has 3 unspecified atom stereocenters. The van der Waals surface area contributed by atoms with Crippen LogP contribution in [0.15, 0.2) is 85.2 Å². The molecule has 0 spiro atoms. The molecular weight excluding hydrogens is 1880 g/mol. The zero-order valence-electron chi connectivity index (χ0n) is 79.2. The van der Waals surface area contributed by atoms with Gasteiger partial charge in [-0.05, 0) is 195 Å². The van der Waals surface area contributed by atoms with Crippen molar-refractivity contribution in [1.82, 2.24) is 79.8 Å². The molecule has 7 atom stereocenters. The normalized spacial score (nSPS) is 18.9. The summed E-state index contributed by atoms with van der Waals surface area (Å²) in [5.74, 6) is 6.30. The van der Waals surface area contributed by atoms with Crippen molar-refractivity contribution in [2.45, 2.75) is 240 Å². The maximum Gasteiger partial charge on any atom is 0.410 e. The van der Waals surface area contributed by atoms with Crippen LogP contribution in [0.25, 0.3) is 34.2 Å².